The molecule has 10 heteroatoms. The Morgan fingerprint density at radius 2 is 1.23 bits per heavy atom. The monoisotopic (exact) mass is 336 g/mol. The van der Waals surface area contributed by atoms with Gasteiger partial charge in [0.2, 0.25) is 0 Å². The standard InChI is InChI=1S/C12H6N2O6S2/c13-5-9-10(6-14)12(20-22(17)18)8-4-2-1-3-7(8)11(9)19-21(15)16/h1-4H,(H,15,16)(H,17,18)/p-2. The van der Waals surface area contributed by atoms with Crippen molar-refractivity contribution >= 4 is 33.5 Å². The van der Waals surface area contributed by atoms with Crippen LogP contribution in [0.25, 0.3) is 10.8 Å². The number of fused-ring (bicyclic) bond motifs is 1. The highest BCUT2D eigenvalue weighted by Crippen LogP contribution is 2.40. The molecule has 8 nitrogen and oxygen atoms in total. The first kappa shape index (κ1) is 15.9. The van der Waals surface area contributed by atoms with Crippen LogP contribution in [0.3, 0.4) is 0 Å². The Balaban J connectivity index is 2.97. The zero-order chi connectivity index (χ0) is 16.3. The number of nitriles is 2. The van der Waals surface area contributed by atoms with Gasteiger partial charge in [0.25, 0.3) is 0 Å². The van der Waals surface area contributed by atoms with Crippen LogP contribution in [0.5, 0.6) is 11.5 Å². The molecule has 0 aliphatic carbocycles. The average Bonchev–Trinajstić information content (AvgIpc) is 2.48. The molecule has 0 saturated heterocycles. The molecule has 2 aromatic carbocycles. The third-order valence-corrected chi connectivity index (χ3v) is 3.25. The van der Waals surface area contributed by atoms with Crippen molar-refractivity contribution in [2.45, 2.75) is 0 Å². The topological polar surface area (TPSA) is 146 Å². The fourth-order valence-electron chi connectivity index (χ4n) is 1.90. The molecule has 0 bridgehead atoms. The van der Waals surface area contributed by atoms with E-state index in [1.54, 1.807) is 12.1 Å². The zero-order valence-corrected chi connectivity index (χ0v) is 12.1. The van der Waals surface area contributed by atoms with Gasteiger partial charge in [-0.25, -0.2) is 8.42 Å². The van der Waals surface area contributed by atoms with Crippen molar-refractivity contribution in [3.63, 3.8) is 0 Å². The van der Waals surface area contributed by atoms with E-state index in [1.165, 1.54) is 24.3 Å². The fraction of sp³-hybridized carbons (Fsp3) is 0. The molecule has 0 fully saturated rings. The van der Waals surface area contributed by atoms with Crippen molar-refractivity contribution in [2.24, 2.45) is 0 Å². The van der Waals surface area contributed by atoms with Gasteiger partial charge >= 0.3 is 0 Å². The lowest BCUT2D eigenvalue weighted by Gasteiger charge is -2.17. The SMILES string of the molecule is N#Cc1c(C#N)c(OS(=O)[O-])c2ccccc2c1OS(=O)[O-]. The van der Waals surface area contributed by atoms with E-state index in [0.717, 1.165) is 0 Å². The van der Waals surface area contributed by atoms with Gasteiger partial charge in [0.05, 0.1) is 0 Å². The van der Waals surface area contributed by atoms with Crippen LogP contribution in [0.2, 0.25) is 0 Å². The minimum absolute atomic E-state index is 0.114. The first-order chi connectivity index (χ1) is 10.5. The van der Waals surface area contributed by atoms with Crippen LogP contribution >= 0.6 is 0 Å². The van der Waals surface area contributed by atoms with Crippen LogP contribution in [0.15, 0.2) is 24.3 Å². The maximum absolute atomic E-state index is 10.8. The summed E-state index contributed by atoms with van der Waals surface area (Å²) < 4.78 is 52.4. The lowest BCUT2D eigenvalue weighted by molar-refractivity contribution is 0.436. The molecule has 2 rings (SSSR count). The van der Waals surface area contributed by atoms with Gasteiger partial charge in [0.15, 0.2) is 11.5 Å². The van der Waals surface area contributed by atoms with E-state index in [2.05, 4.69) is 8.37 Å². The van der Waals surface area contributed by atoms with E-state index in [1.807, 2.05) is 0 Å². The van der Waals surface area contributed by atoms with Gasteiger partial charge in [-0.1, -0.05) is 24.3 Å². The van der Waals surface area contributed by atoms with Gasteiger partial charge in [0.1, 0.15) is 46.0 Å². The summed E-state index contributed by atoms with van der Waals surface area (Å²) in [6.07, 6.45) is 0. The van der Waals surface area contributed by atoms with Gasteiger partial charge < -0.3 is 17.5 Å². The minimum atomic E-state index is -2.99. The first-order valence-corrected chi connectivity index (χ1v) is 7.43. The van der Waals surface area contributed by atoms with E-state index < -0.39 is 33.8 Å². The molecule has 0 aliphatic heterocycles. The molecule has 0 aromatic heterocycles. The molecule has 0 aliphatic rings. The van der Waals surface area contributed by atoms with Crippen LogP contribution in [-0.2, 0) is 22.7 Å². The normalized spacial score (nSPS) is 12.9. The Bertz CT molecular complexity index is 811. The molecule has 112 valence electrons. The highest BCUT2D eigenvalue weighted by atomic mass is 32.2. The van der Waals surface area contributed by atoms with Crippen LogP contribution in [0, 0.1) is 22.7 Å². The van der Waals surface area contributed by atoms with Crippen molar-refractivity contribution in [1.82, 2.24) is 0 Å². The molecular weight excluding hydrogens is 332 g/mol. The fourth-order valence-corrected chi connectivity index (χ4v) is 2.52. The summed E-state index contributed by atoms with van der Waals surface area (Å²) in [5.41, 5.74) is -0.878. The van der Waals surface area contributed by atoms with Crippen molar-refractivity contribution in [1.29, 1.82) is 10.5 Å². The number of nitrogens with zero attached hydrogens (tertiary/aromatic N) is 2. The lowest BCUT2D eigenvalue weighted by Crippen LogP contribution is -2.06. The number of rotatable bonds is 4. The summed E-state index contributed by atoms with van der Waals surface area (Å²) in [7, 11) is 0. The molecule has 0 radical (unpaired) electrons. The first-order valence-electron chi connectivity index (χ1n) is 5.43. The predicted octanol–water partition coefficient (Wildman–Crippen LogP) is 0.929. The summed E-state index contributed by atoms with van der Waals surface area (Å²) >= 11 is -5.97. The molecule has 22 heavy (non-hydrogen) atoms. The lowest BCUT2D eigenvalue weighted by atomic mass is 9.99. The largest absolute Gasteiger partial charge is 0.740 e. The van der Waals surface area contributed by atoms with Crippen LogP contribution in [0.4, 0.5) is 0 Å². The molecule has 0 N–H and O–H groups in total. The molecule has 0 saturated carbocycles. The minimum Gasteiger partial charge on any atom is -0.740 e. The van der Waals surface area contributed by atoms with Crippen molar-refractivity contribution in [3.05, 3.63) is 35.4 Å². The number of benzene rings is 2. The molecule has 0 spiro atoms. The third-order valence-electron chi connectivity index (χ3n) is 2.65. The summed E-state index contributed by atoms with van der Waals surface area (Å²) in [5.74, 6) is -0.737. The number of hydrogen-bond donors (Lipinski definition) is 0. The maximum Gasteiger partial charge on any atom is 0.166 e. The van der Waals surface area contributed by atoms with E-state index >= 15 is 0 Å². The highest BCUT2D eigenvalue weighted by molar-refractivity contribution is 7.74. The maximum atomic E-state index is 10.8. The van der Waals surface area contributed by atoms with E-state index in [9.17, 15) is 17.5 Å². The van der Waals surface area contributed by atoms with Gasteiger partial charge in [-0.05, 0) is 0 Å². The van der Waals surface area contributed by atoms with Gasteiger partial charge in [-0.15, -0.1) is 0 Å². The van der Waals surface area contributed by atoms with Crippen molar-refractivity contribution in [2.75, 3.05) is 0 Å². The summed E-state index contributed by atoms with van der Waals surface area (Å²) in [4.78, 5) is 0. The molecule has 2 aromatic rings. The van der Waals surface area contributed by atoms with Gasteiger partial charge in [-0.3, -0.25) is 0 Å². The molecular formula is C12H4N2O6S2-2. The van der Waals surface area contributed by atoms with E-state index in [4.69, 9.17) is 10.5 Å². The van der Waals surface area contributed by atoms with Crippen molar-refractivity contribution < 1.29 is 25.9 Å². The van der Waals surface area contributed by atoms with Crippen LogP contribution < -0.4 is 8.37 Å². The Morgan fingerprint density at radius 3 is 1.50 bits per heavy atom. The van der Waals surface area contributed by atoms with E-state index in [-0.39, 0.29) is 22.3 Å². The Labute approximate surface area is 129 Å². The highest BCUT2D eigenvalue weighted by Gasteiger charge is 2.22. The summed E-state index contributed by atoms with van der Waals surface area (Å²) in [5, 5.41) is 18.6. The van der Waals surface area contributed by atoms with Gasteiger partial charge in [0, 0.05) is 10.8 Å². The second-order valence-corrected chi connectivity index (χ2v) is 4.90. The Morgan fingerprint density at radius 1 is 0.864 bits per heavy atom. The van der Waals surface area contributed by atoms with Crippen LogP contribution in [0.1, 0.15) is 11.1 Å². The molecule has 2 unspecified atom stereocenters. The van der Waals surface area contributed by atoms with Gasteiger partial charge in [-0.2, -0.15) is 10.5 Å². The predicted molar refractivity (Wildman–Crippen MR) is 72.5 cm³/mol. The van der Waals surface area contributed by atoms with Crippen molar-refractivity contribution in [3.8, 4) is 23.6 Å². The Kier molecular flexibility index (Phi) is 4.70. The zero-order valence-electron chi connectivity index (χ0n) is 10.5. The third kappa shape index (κ3) is 2.90. The quantitative estimate of drug-likeness (QED) is 0.749. The summed E-state index contributed by atoms with van der Waals surface area (Å²) in [6, 6.07) is 9.10. The molecule has 0 heterocycles. The molecule has 2 atom stereocenters. The summed E-state index contributed by atoms with van der Waals surface area (Å²) in [6.45, 7) is 0. The van der Waals surface area contributed by atoms with E-state index in [0.29, 0.717) is 0 Å². The second-order valence-electron chi connectivity index (χ2n) is 3.75. The smallest absolute Gasteiger partial charge is 0.166 e. The number of hydrogen-bond acceptors (Lipinski definition) is 8. The average molecular weight is 336 g/mol. The Hall–Kier alpha value is -2.50. The molecule has 0 amide bonds. The second kappa shape index (κ2) is 6.51. The van der Waals surface area contributed by atoms with Crippen LogP contribution in [-0.4, -0.2) is 17.5 Å².